The highest BCUT2D eigenvalue weighted by atomic mass is 79.9. The second-order valence-corrected chi connectivity index (χ2v) is 16.0. The highest BCUT2D eigenvalue weighted by Gasteiger charge is 2.24. The molecule has 9 heteroatoms. The second-order valence-electron chi connectivity index (χ2n) is 16.0. The fraction of sp³-hybridized carbons (Fsp3) is 0.848. The van der Waals surface area contributed by atoms with Crippen molar-refractivity contribution < 1.29 is 33.4 Å². The van der Waals surface area contributed by atoms with Gasteiger partial charge in [-0.15, -0.1) is 17.0 Å². The lowest BCUT2D eigenvalue weighted by molar-refractivity contribution is -0.883. The summed E-state index contributed by atoms with van der Waals surface area (Å²) < 4.78 is 11.3. The van der Waals surface area contributed by atoms with E-state index in [2.05, 4.69) is 38.2 Å². The van der Waals surface area contributed by atoms with Crippen molar-refractivity contribution >= 4 is 34.8 Å². The zero-order valence-corrected chi connectivity index (χ0v) is 38.1. The van der Waals surface area contributed by atoms with Gasteiger partial charge in [0.05, 0.1) is 33.8 Å². The van der Waals surface area contributed by atoms with E-state index in [-0.39, 0.29) is 74.3 Å². The molecule has 8 nitrogen and oxygen atoms in total. The van der Waals surface area contributed by atoms with E-state index in [4.69, 9.17) is 9.47 Å². The van der Waals surface area contributed by atoms with E-state index >= 15 is 0 Å². The number of nitrogens with zero attached hydrogens (tertiary/aromatic N) is 2. The van der Waals surface area contributed by atoms with Crippen LogP contribution in [0.15, 0.2) is 24.3 Å². The molecule has 0 heterocycles. The SMILES string of the molecule is Br.CCCCCCCC/C=C\CCCCCCCC(=O)OCCN(CCOC(=O)CCCCCCC/C=C\CCCCCCCC)C(=O)C[N+](C)(C)CCO. The number of likely N-dealkylation sites (N-methyl/N-ethyl adjacent to an activating group) is 1. The predicted molar refractivity (Wildman–Crippen MR) is 237 cm³/mol. The molecule has 0 aliphatic carbocycles. The van der Waals surface area contributed by atoms with Gasteiger partial charge in [-0.05, 0) is 64.2 Å². The van der Waals surface area contributed by atoms with Crippen LogP contribution < -0.4 is 0 Å². The lowest BCUT2D eigenvalue weighted by atomic mass is 10.1. The Bertz CT molecular complexity index is 883. The molecule has 1 N–H and O–H groups in total. The molecule has 1 amide bonds. The number of carbonyl (C=O) groups is 3. The molecule has 0 radical (unpaired) electrons. The first-order valence-corrected chi connectivity index (χ1v) is 22.6. The van der Waals surface area contributed by atoms with Gasteiger partial charge < -0.3 is 24.0 Å². The van der Waals surface area contributed by atoms with Gasteiger partial charge in [0.25, 0.3) is 5.91 Å². The Hall–Kier alpha value is -1.71. The number of esters is 2. The van der Waals surface area contributed by atoms with Crippen LogP contribution in [0.4, 0.5) is 0 Å². The minimum atomic E-state index is -0.234. The fourth-order valence-corrected chi connectivity index (χ4v) is 6.54. The topological polar surface area (TPSA) is 93.1 Å². The first kappa shape index (κ1) is 55.4. The van der Waals surface area contributed by atoms with E-state index in [1.165, 1.54) is 116 Å². The van der Waals surface area contributed by atoms with Gasteiger partial charge in [-0.1, -0.05) is 141 Å². The van der Waals surface area contributed by atoms with Crippen LogP contribution in [0, 0.1) is 0 Å². The van der Waals surface area contributed by atoms with Crippen LogP contribution in [0.2, 0.25) is 0 Å². The summed E-state index contributed by atoms with van der Waals surface area (Å²) in [7, 11) is 3.79. The molecule has 0 fully saturated rings. The van der Waals surface area contributed by atoms with Gasteiger partial charge in [0.1, 0.15) is 19.8 Å². The summed E-state index contributed by atoms with van der Waals surface area (Å²) in [5.41, 5.74) is 0. The molecule has 0 unspecified atom stereocenters. The van der Waals surface area contributed by atoms with Gasteiger partial charge >= 0.3 is 11.9 Å². The van der Waals surface area contributed by atoms with Crippen LogP contribution in [-0.2, 0) is 23.9 Å². The second kappa shape index (κ2) is 41.9. The Morgan fingerprint density at radius 2 is 0.855 bits per heavy atom. The predicted octanol–water partition coefficient (Wildman–Crippen LogP) is 11.6. The zero-order chi connectivity index (χ0) is 39.8. The van der Waals surface area contributed by atoms with Crippen molar-refractivity contribution in [2.24, 2.45) is 0 Å². The third-order valence-corrected chi connectivity index (χ3v) is 10.2. The van der Waals surface area contributed by atoms with E-state index in [9.17, 15) is 19.5 Å². The molecule has 0 aromatic rings. The summed E-state index contributed by atoms with van der Waals surface area (Å²) in [6.45, 7) is 5.90. The van der Waals surface area contributed by atoms with Crippen LogP contribution in [0.3, 0.4) is 0 Å². The lowest BCUT2D eigenvalue weighted by Gasteiger charge is -2.31. The molecule has 0 aliphatic rings. The normalized spacial score (nSPS) is 11.7. The molecule has 0 bridgehead atoms. The van der Waals surface area contributed by atoms with Crippen LogP contribution in [0.1, 0.15) is 194 Å². The van der Waals surface area contributed by atoms with Crippen LogP contribution in [0.25, 0.3) is 0 Å². The molecule has 0 spiro atoms. The largest absolute Gasteiger partial charge is 0.464 e. The number of amides is 1. The average Bonchev–Trinajstić information content (AvgIpc) is 3.13. The zero-order valence-electron chi connectivity index (χ0n) is 36.3. The molecular formula is C46H88BrN2O6+. The standard InChI is InChI=1S/C46H87N2O6.BrH/c1-5-7-9-11-13-15-17-19-21-23-25-27-29-31-33-35-45(51)53-41-37-47(44(50)43-48(3,4)39-40-49)38-42-54-46(52)36-34-32-30-28-26-24-22-20-18-16-14-12-10-8-6-2;/h19-22,49H,5-18,23-43H2,1-4H3;1H/q+1;/b21-19-,22-20-;. The van der Waals surface area contributed by atoms with Crippen molar-refractivity contribution in [1.29, 1.82) is 0 Å². The maximum absolute atomic E-state index is 13.2. The minimum Gasteiger partial charge on any atom is -0.464 e. The molecule has 0 rings (SSSR count). The number of aliphatic hydroxyl groups is 1. The van der Waals surface area contributed by atoms with Gasteiger partial charge in [-0.3, -0.25) is 14.4 Å². The molecular weight excluding hydrogens is 756 g/mol. The summed E-state index contributed by atoms with van der Waals surface area (Å²) in [6.07, 6.45) is 41.6. The maximum atomic E-state index is 13.2. The number of halogens is 1. The summed E-state index contributed by atoms with van der Waals surface area (Å²) in [5, 5.41) is 9.41. The van der Waals surface area contributed by atoms with Crippen molar-refractivity contribution in [1.82, 2.24) is 4.90 Å². The monoisotopic (exact) mass is 844 g/mol. The van der Waals surface area contributed by atoms with E-state index in [1.54, 1.807) is 4.90 Å². The Morgan fingerprint density at radius 3 is 1.20 bits per heavy atom. The number of hydrogen-bond acceptors (Lipinski definition) is 6. The summed E-state index contributed by atoms with van der Waals surface area (Å²) in [5.74, 6) is -0.583. The number of hydrogen-bond donors (Lipinski definition) is 1. The molecule has 55 heavy (non-hydrogen) atoms. The van der Waals surface area contributed by atoms with Gasteiger partial charge in [-0.25, -0.2) is 0 Å². The number of allylic oxidation sites excluding steroid dienone is 4. The highest BCUT2D eigenvalue weighted by molar-refractivity contribution is 8.93. The quantitative estimate of drug-likeness (QED) is 0.0286. The van der Waals surface area contributed by atoms with Crippen molar-refractivity contribution in [3.8, 4) is 0 Å². The van der Waals surface area contributed by atoms with Gasteiger partial charge in [0, 0.05) is 12.8 Å². The van der Waals surface area contributed by atoms with Gasteiger partial charge in [-0.2, -0.15) is 0 Å². The molecule has 0 aromatic carbocycles. The molecule has 0 aliphatic heterocycles. The van der Waals surface area contributed by atoms with Gasteiger partial charge in [0.15, 0.2) is 6.54 Å². The number of quaternary nitrogens is 1. The Morgan fingerprint density at radius 1 is 0.527 bits per heavy atom. The Balaban J connectivity index is 0. The number of aliphatic hydroxyl groups excluding tert-OH is 1. The summed E-state index contributed by atoms with van der Waals surface area (Å²) >= 11 is 0. The molecule has 0 atom stereocenters. The van der Waals surface area contributed by atoms with E-state index < -0.39 is 0 Å². The number of rotatable bonds is 40. The highest BCUT2D eigenvalue weighted by Crippen LogP contribution is 2.12. The third-order valence-electron chi connectivity index (χ3n) is 10.2. The summed E-state index contributed by atoms with van der Waals surface area (Å²) in [6, 6.07) is 0. The number of ether oxygens (including phenoxy) is 2. The van der Waals surface area contributed by atoms with Crippen molar-refractivity contribution in [2.45, 2.75) is 194 Å². The summed E-state index contributed by atoms with van der Waals surface area (Å²) in [4.78, 5) is 39.6. The smallest absolute Gasteiger partial charge is 0.305 e. The number of carbonyl (C=O) groups excluding carboxylic acids is 3. The first-order chi connectivity index (χ1) is 26.3. The van der Waals surface area contributed by atoms with Crippen molar-refractivity contribution in [3.05, 3.63) is 24.3 Å². The molecule has 0 saturated carbocycles. The fourth-order valence-electron chi connectivity index (χ4n) is 6.54. The first-order valence-electron chi connectivity index (χ1n) is 22.6. The van der Waals surface area contributed by atoms with Crippen LogP contribution in [0.5, 0.6) is 0 Å². The Labute approximate surface area is 350 Å². The third kappa shape index (κ3) is 40.3. The van der Waals surface area contributed by atoms with Gasteiger partial charge in [0.2, 0.25) is 0 Å². The van der Waals surface area contributed by atoms with E-state index in [0.717, 1.165) is 51.4 Å². The maximum Gasteiger partial charge on any atom is 0.305 e. The van der Waals surface area contributed by atoms with E-state index in [0.29, 0.717) is 23.9 Å². The minimum absolute atomic E-state index is 0. The molecule has 0 aromatic heterocycles. The lowest BCUT2D eigenvalue weighted by Crippen LogP contribution is -2.51. The van der Waals surface area contributed by atoms with Crippen molar-refractivity contribution in [2.75, 3.05) is 60.1 Å². The van der Waals surface area contributed by atoms with Crippen LogP contribution >= 0.6 is 17.0 Å². The average molecular weight is 845 g/mol. The van der Waals surface area contributed by atoms with Crippen molar-refractivity contribution in [3.63, 3.8) is 0 Å². The Kier molecular flexibility index (Phi) is 42.2. The number of unbranched alkanes of at least 4 members (excludes halogenated alkanes) is 22. The van der Waals surface area contributed by atoms with Crippen LogP contribution in [-0.4, -0.2) is 92.4 Å². The van der Waals surface area contributed by atoms with E-state index in [1.807, 2.05) is 14.1 Å². The molecule has 324 valence electrons. The molecule has 0 saturated heterocycles.